The molecule has 0 saturated carbocycles. The van der Waals surface area contributed by atoms with Gasteiger partial charge >= 0.3 is 0 Å². The summed E-state index contributed by atoms with van der Waals surface area (Å²) in [6.07, 6.45) is 10.6. The van der Waals surface area contributed by atoms with Crippen molar-refractivity contribution in [3.05, 3.63) is 193 Å². The monoisotopic (exact) mass is 692 g/mol. The largest absolute Gasteiger partial charge is 0.274 e. The van der Waals surface area contributed by atoms with Gasteiger partial charge < -0.3 is 0 Å². The SMILES string of the molecule is C1=CC2C=Cc3ccc(-c4ccc(-c5nc(-c6ccc(-c7ccccc7)cc6)nc(-c6cccc7cccnc67)n5)cc4)nc3C2N=C1c1ccccc1. The molecule has 6 heteroatoms. The summed E-state index contributed by atoms with van der Waals surface area (Å²) >= 11 is 0. The Morgan fingerprint density at radius 3 is 1.78 bits per heavy atom. The van der Waals surface area contributed by atoms with Crippen LogP contribution < -0.4 is 0 Å². The lowest BCUT2D eigenvalue weighted by Crippen LogP contribution is -2.19. The molecule has 6 nitrogen and oxygen atoms in total. The van der Waals surface area contributed by atoms with Gasteiger partial charge in [0.05, 0.1) is 22.6 Å². The van der Waals surface area contributed by atoms with Crippen LogP contribution >= 0.6 is 0 Å². The molecule has 5 aromatic carbocycles. The molecule has 0 bridgehead atoms. The van der Waals surface area contributed by atoms with E-state index in [0.717, 1.165) is 72.5 Å². The third kappa shape index (κ3) is 5.90. The second-order valence-electron chi connectivity index (χ2n) is 13.5. The van der Waals surface area contributed by atoms with Crippen LogP contribution in [0.4, 0.5) is 0 Å². The Bertz CT molecular complexity index is 2750. The van der Waals surface area contributed by atoms with Crippen LogP contribution in [0.1, 0.15) is 22.9 Å². The number of hydrogen-bond donors (Lipinski definition) is 0. The highest BCUT2D eigenvalue weighted by atomic mass is 15.0. The van der Waals surface area contributed by atoms with E-state index in [0.29, 0.717) is 17.5 Å². The van der Waals surface area contributed by atoms with Crippen LogP contribution in [0, 0.1) is 5.92 Å². The van der Waals surface area contributed by atoms with Gasteiger partial charge in [0.1, 0.15) is 6.04 Å². The van der Waals surface area contributed by atoms with Gasteiger partial charge in [-0.1, -0.05) is 152 Å². The second kappa shape index (κ2) is 13.4. The summed E-state index contributed by atoms with van der Waals surface area (Å²) in [7, 11) is 0. The lowest BCUT2D eigenvalue weighted by atomic mass is 9.85. The van der Waals surface area contributed by atoms with E-state index in [-0.39, 0.29) is 12.0 Å². The van der Waals surface area contributed by atoms with Crippen molar-refractivity contribution in [2.45, 2.75) is 6.04 Å². The molecule has 54 heavy (non-hydrogen) atoms. The van der Waals surface area contributed by atoms with Gasteiger partial charge in [0.15, 0.2) is 17.5 Å². The van der Waals surface area contributed by atoms with Gasteiger partial charge in [0, 0.05) is 39.8 Å². The summed E-state index contributed by atoms with van der Waals surface area (Å²) < 4.78 is 0. The van der Waals surface area contributed by atoms with Crippen LogP contribution in [-0.2, 0) is 0 Å². The second-order valence-corrected chi connectivity index (χ2v) is 13.5. The molecular weight excluding hydrogens is 661 g/mol. The Morgan fingerprint density at radius 2 is 1.04 bits per heavy atom. The maximum absolute atomic E-state index is 5.22. The average Bonchev–Trinajstić information content (AvgIpc) is 3.26. The average molecular weight is 693 g/mol. The third-order valence-corrected chi connectivity index (χ3v) is 10.1. The van der Waals surface area contributed by atoms with Gasteiger partial charge in [-0.15, -0.1) is 0 Å². The number of dihydropyridines is 1. The minimum Gasteiger partial charge on any atom is -0.274 e. The first-order valence-corrected chi connectivity index (χ1v) is 18.1. The predicted octanol–water partition coefficient (Wildman–Crippen LogP) is 10.9. The molecule has 2 atom stereocenters. The zero-order chi connectivity index (χ0) is 35.8. The van der Waals surface area contributed by atoms with Gasteiger partial charge in [-0.2, -0.15) is 0 Å². The van der Waals surface area contributed by atoms with E-state index in [1.165, 1.54) is 0 Å². The molecule has 3 aromatic heterocycles. The molecule has 8 aromatic rings. The third-order valence-electron chi connectivity index (χ3n) is 10.1. The van der Waals surface area contributed by atoms with Crippen molar-refractivity contribution in [1.29, 1.82) is 0 Å². The molecule has 1 aliphatic carbocycles. The number of pyridine rings is 2. The van der Waals surface area contributed by atoms with Crippen molar-refractivity contribution in [1.82, 2.24) is 24.9 Å². The van der Waals surface area contributed by atoms with Crippen LogP contribution in [0.25, 0.3) is 73.5 Å². The predicted molar refractivity (Wildman–Crippen MR) is 217 cm³/mol. The Morgan fingerprint density at radius 1 is 0.426 bits per heavy atom. The lowest BCUT2D eigenvalue weighted by molar-refractivity contribution is 0.592. The first-order valence-electron chi connectivity index (χ1n) is 18.1. The summed E-state index contributed by atoms with van der Waals surface area (Å²) in [5.74, 6) is 1.94. The highest BCUT2D eigenvalue weighted by molar-refractivity contribution is 6.09. The molecule has 0 radical (unpaired) electrons. The molecule has 0 N–H and O–H groups in total. The fourth-order valence-corrected chi connectivity index (χ4v) is 7.29. The lowest BCUT2D eigenvalue weighted by Gasteiger charge is -2.28. The molecule has 2 unspecified atom stereocenters. The Balaban J connectivity index is 1.02. The molecule has 254 valence electrons. The summed E-state index contributed by atoms with van der Waals surface area (Å²) in [4.78, 5) is 30.2. The quantitative estimate of drug-likeness (QED) is 0.173. The molecule has 0 saturated heterocycles. The van der Waals surface area contributed by atoms with E-state index in [9.17, 15) is 0 Å². The number of benzene rings is 5. The van der Waals surface area contributed by atoms with Gasteiger partial charge in [-0.25, -0.2) is 19.9 Å². The normalized spacial score (nSPS) is 15.7. The number of aliphatic imine (C=N–C) groups is 1. The van der Waals surface area contributed by atoms with Gasteiger partial charge in [0.25, 0.3) is 0 Å². The Kier molecular flexibility index (Phi) is 7.84. The van der Waals surface area contributed by atoms with Crippen LogP contribution in [0.15, 0.2) is 181 Å². The molecule has 0 spiro atoms. The van der Waals surface area contributed by atoms with E-state index in [4.69, 9.17) is 29.9 Å². The molecule has 0 fully saturated rings. The van der Waals surface area contributed by atoms with Crippen molar-refractivity contribution in [2.24, 2.45) is 10.9 Å². The van der Waals surface area contributed by atoms with Crippen LogP contribution in [0.2, 0.25) is 0 Å². The minimum absolute atomic E-state index is 0.0724. The number of para-hydroxylation sites is 1. The highest BCUT2D eigenvalue weighted by Crippen LogP contribution is 2.39. The smallest absolute Gasteiger partial charge is 0.166 e. The van der Waals surface area contributed by atoms with E-state index in [1.54, 1.807) is 6.20 Å². The van der Waals surface area contributed by atoms with Crippen molar-refractivity contribution in [3.63, 3.8) is 0 Å². The van der Waals surface area contributed by atoms with E-state index >= 15 is 0 Å². The topological polar surface area (TPSA) is 76.8 Å². The summed E-state index contributed by atoms with van der Waals surface area (Å²) in [6.45, 7) is 0. The zero-order valence-corrected chi connectivity index (χ0v) is 29.2. The first-order chi connectivity index (χ1) is 26.7. The maximum Gasteiger partial charge on any atom is 0.166 e. The number of allylic oxidation sites excluding steroid dienone is 1. The van der Waals surface area contributed by atoms with Crippen molar-refractivity contribution < 1.29 is 0 Å². The van der Waals surface area contributed by atoms with Crippen LogP contribution in [-0.4, -0.2) is 30.6 Å². The Labute approximate surface area is 313 Å². The van der Waals surface area contributed by atoms with Crippen molar-refractivity contribution >= 4 is 22.7 Å². The van der Waals surface area contributed by atoms with Gasteiger partial charge in [-0.3, -0.25) is 9.98 Å². The highest BCUT2D eigenvalue weighted by Gasteiger charge is 2.29. The van der Waals surface area contributed by atoms with E-state index < -0.39 is 0 Å². The molecule has 1 aliphatic heterocycles. The fourth-order valence-electron chi connectivity index (χ4n) is 7.29. The van der Waals surface area contributed by atoms with Gasteiger partial charge in [-0.05, 0) is 46.5 Å². The number of aromatic nitrogens is 5. The summed E-state index contributed by atoms with van der Waals surface area (Å²) in [5.41, 5.74) is 11.9. The van der Waals surface area contributed by atoms with Crippen molar-refractivity contribution in [2.75, 3.05) is 0 Å². The molecular formula is C48H32N6. The number of fused-ring (bicyclic) bond motifs is 4. The summed E-state index contributed by atoms with van der Waals surface area (Å²) in [6, 6.07) is 51.7. The van der Waals surface area contributed by atoms with Gasteiger partial charge in [0.2, 0.25) is 0 Å². The summed E-state index contributed by atoms with van der Waals surface area (Å²) in [5, 5.41) is 1.03. The standard InChI is InChI=1S/C48H32N6/c1-3-9-31(10-4-1)32-16-22-38(23-17-32)46-52-47(54-48(53-46)40-15-7-13-35-14-8-30-49-43(35)40)39-24-18-34(19-25-39)42-29-27-37-21-20-36-26-28-41(33-11-5-2-6-12-33)50-44(36)45(37)51-42/h1-30,36,44H. The minimum atomic E-state index is -0.0724. The van der Waals surface area contributed by atoms with E-state index in [2.05, 4.69) is 146 Å². The van der Waals surface area contributed by atoms with E-state index in [1.807, 2.05) is 30.3 Å². The fraction of sp³-hybridized carbons (Fsp3) is 0.0417. The number of hydrogen-bond acceptors (Lipinski definition) is 6. The molecule has 4 heterocycles. The van der Waals surface area contributed by atoms with Crippen LogP contribution in [0.5, 0.6) is 0 Å². The maximum atomic E-state index is 5.22. The zero-order valence-electron chi connectivity index (χ0n) is 29.2. The molecule has 10 rings (SSSR count). The van der Waals surface area contributed by atoms with Crippen LogP contribution in [0.3, 0.4) is 0 Å². The van der Waals surface area contributed by atoms with Crippen molar-refractivity contribution in [3.8, 4) is 56.5 Å². The number of nitrogens with zero attached hydrogens (tertiary/aromatic N) is 6. The molecule has 0 amide bonds. The molecule has 2 aliphatic rings. The Hall–Kier alpha value is -7.18. The first kappa shape index (κ1) is 31.5. The number of rotatable bonds is 6.